The average molecular weight is 386 g/mol. The van der Waals surface area contributed by atoms with Crippen LogP contribution in [0.3, 0.4) is 0 Å². The van der Waals surface area contributed by atoms with Crippen LogP contribution in [0.15, 0.2) is 42.5 Å². The predicted octanol–water partition coefficient (Wildman–Crippen LogP) is 3.63. The fraction of sp³-hybridized carbons (Fsp3) is 0.333. The van der Waals surface area contributed by atoms with Gasteiger partial charge in [0.1, 0.15) is 6.42 Å². The number of anilines is 2. The van der Waals surface area contributed by atoms with Crippen molar-refractivity contribution in [1.82, 2.24) is 4.90 Å². The molecular formula is C21H24ClN3O2. The number of aryl methyl sites for hydroxylation is 2. The molecule has 1 saturated heterocycles. The zero-order valence-corrected chi connectivity index (χ0v) is 16.4. The van der Waals surface area contributed by atoms with Crippen LogP contribution in [0.1, 0.15) is 17.5 Å². The number of hydrogen-bond donors (Lipinski definition) is 1. The Hall–Kier alpha value is -2.53. The third kappa shape index (κ3) is 5.23. The highest BCUT2D eigenvalue weighted by Gasteiger charge is 2.23. The highest BCUT2D eigenvalue weighted by Crippen LogP contribution is 2.21. The van der Waals surface area contributed by atoms with E-state index >= 15 is 0 Å². The summed E-state index contributed by atoms with van der Waals surface area (Å²) >= 11 is 6.05. The Balaban J connectivity index is 1.51. The second kappa shape index (κ2) is 8.44. The van der Waals surface area contributed by atoms with E-state index in [4.69, 9.17) is 11.6 Å². The summed E-state index contributed by atoms with van der Waals surface area (Å²) in [6.45, 7) is 6.61. The van der Waals surface area contributed by atoms with Crippen LogP contribution in [0.2, 0.25) is 5.02 Å². The SMILES string of the molecule is Cc1cc(C)cc(NC(=O)CC(=O)N2CCN(c3cccc(Cl)c3)CC2)c1. The Bertz CT molecular complexity index is 825. The molecule has 1 aliphatic rings. The van der Waals surface area contributed by atoms with Gasteiger partial charge in [0.25, 0.3) is 0 Å². The Morgan fingerprint density at radius 3 is 2.30 bits per heavy atom. The number of hydrogen-bond acceptors (Lipinski definition) is 3. The van der Waals surface area contributed by atoms with Crippen LogP contribution in [0, 0.1) is 13.8 Å². The fourth-order valence-corrected chi connectivity index (χ4v) is 3.57. The summed E-state index contributed by atoms with van der Waals surface area (Å²) in [5.74, 6) is -0.412. The molecule has 0 atom stereocenters. The van der Waals surface area contributed by atoms with Crippen LogP contribution in [-0.4, -0.2) is 42.9 Å². The quantitative estimate of drug-likeness (QED) is 0.817. The van der Waals surface area contributed by atoms with E-state index in [1.54, 1.807) is 4.90 Å². The van der Waals surface area contributed by atoms with E-state index in [0.717, 1.165) is 35.6 Å². The van der Waals surface area contributed by atoms with Gasteiger partial charge in [0.05, 0.1) is 0 Å². The molecule has 1 N–H and O–H groups in total. The zero-order valence-electron chi connectivity index (χ0n) is 15.7. The third-order valence-electron chi connectivity index (χ3n) is 4.62. The van der Waals surface area contributed by atoms with Gasteiger partial charge in [-0.05, 0) is 55.3 Å². The van der Waals surface area contributed by atoms with Gasteiger partial charge in [0.15, 0.2) is 0 Å². The highest BCUT2D eigenvalue weighted by molar-refractivity contribution is 6.30. The summed E-state index contributed by atoms with van der Waals surface area (Å²) in [5, 5.41) is 3.53. The summed E-state index contributed by atoms with van der Waals surface area (Å²) < 4.78 is 0. The molecule has 2 amide bonds. The molecule has 1 aliphatic heterocycles. The van der Waals surface area contributed by atoms with E-state index in [-0.39, 0.29) is 18.2 Å². The number of nitrogens with one attached hydrogen (secondary N) is 1. The monoisotopic (exact) mass is 385 g/mol. The number of rotatable bonds is 4. The zero-order chi connectivity index (χ0) is 19.4. The number of halogens is 1. The van der Waals surface area contributed by atoms with Crippen LogP contribution in [0.4, 0.5) is 11.4 Å². The summed E-state index contributed by atoms with van der Waals surface area (Å²) in [5.41, 5.74) is 3.95. The lowest BCUT2D eigenvalue weighted by Crippen LogP contribution is -2.49. The minimum Gasteiger partial charge on any atom is -0.368 e. The normalized spacial score (nSPS) is 14.2. The standard InChI is InChI=1S/C21H24ClN3O2/c1-15-10-16(2)12-18(11-15)23-20(26)14-21(27)25-8-6-24(7-9-25)19-5-3-4-17(22)13-19/h3-5,10-13H,6-9,14H2,1-2H3,(H,23,26). The lowest BCUT2D eigenvalue weighted by molar-refractivity contribution is -0.134. The summed E-state index contributed by atoms with van der Waals surface area (Å²) in [4.78, 5) is 28.6. The number of nitrogens with zero attached hydrogens (tertiary/aromatic N) is 2. The van der Waals surface area contributed by atoms with Crippen LogP contribution < -0.4 is 10.2 Å². The van der Waals surface area contributed by atoms with E-state index in [0.29, 0.717) is 18.1 Å². The molecule has 142 valence electrons. The maximum atomic E-state index is 12.5. The lowest BCUT2D eigenvalue weighted by Gasteiger charge is -2.36. The number of benzene rings is 2. The Kier molecular flexibility index (Phi) is 6.01. The van der Waals surface area contributed by atoms with Crippen molar-refractivity contribution in [3.63, 3.8) is 0 Å². The van der Waals surface area contributed by atoms with Crippen molar-refractivity contribution in [1.29, 1.82) is 0 Å². The molecule has 0 saturated carbocycles. The van der Waals surface area contributed by atoms with Gasteiger partial charge in [-0.1, -0.05) is 23.7 Å². The number of carbonyl (C=O) groups is 2. The fourth-order valence-electron chi connectivity index (χ4n) is 3.39. The van der Waals surface area contributed by atoms with Crippen molar-refractivity contribution in [2.45, 2.75) is 20.3 Å². The molecule has 2 aromatic rings. The maximum Gasteiger partial charge on any atom is 0.233 e. The molecule has 3 rings (SSSR count). The predicted molar refractivity (Wildman–Crippen MR) is 109 cm³/mol. The second-order valence-electron chi connectivity index (χ2n) is 6.95. The van der Waals surface area contributed by atoms with Gasteiger partial charge >= 0.3 is 0 Å². The van der Waals surface area contributed by atoms with Crippen molar-refractivity contribution in [2.75, 3.05) is 36.4 Å². The number of amides is 2. The van der Waals surface area contributed by atoms with Gasteiger partial charge in [-0.15, -0.1) is 0 Å². The van der Waals surface area contributed by atoms with Crippen molar-refractivity contribution < 1.29 is 9.59 Å². The lowest BCUT2D eigenvalue weighted by atomic mass is 10.1. The van der Waals surface area contributed by atoms with Crippen molar-refractivity contribution in [2.24, 2.45) is 0 Å². The van der Waals surface area contributed by atoms with Gasteiger partial charge in [0, 0.05) is 42.6 Å². The van der Waals surface area contributed by atoms with E-state index in [9.17, 15) is 9.59 Å². The first kappa shape index (κ1) is 19.2. The number of carbonyl (C=O) groups excluding carboxylic acids is 2. The molecule has 27 heavy (non-hydrogen) atoms. The average Bonchev–Trinajstić information content (AvgIpc) is 2.60. The van der Waals surface area contributed by atoms with E-state index in [2.05, 4.69) is 10.2 Å². The van der Waals surface area contributed by atoms with Crippen LogP contribution in [0.25, 0.3) is 0 Å². The molecule has 6 heteroatoms. The highest BCUT2D eigenvalue weighted by atomic mass is 35.5. The van der Waals surface area contributed by atoms with Crippen LogP contribution >= 0.6 is 11.6 Å². The molecule has 1 heterocycles. The third-order valence-corrected chi connectivity index (χ3v) is 4.86. The molecule has 1 fully saturated rings. The summed E-state index contributed by atoms with van der Waals surface area (Å²) in [7, 11) is 0. The molecule has 0 radical (unpaired) electrons. The second-order valence-corrected chi connectivity index (χ2v) is 7.39. The topological polar surface area (TPSA) is 52.7 Å². The minimum absolute atomic E-state index is 0.135. The smallest absolute Gasteiger partial charge is 0.233 e. The molecule has 5 nitrogen and oxygen atoms in total. The van der Waals surface area contributed by atoms with Gasteiger partial charge in [-0.2, -0.15) is 0 Å². The Labute approximate surface area is 164 Å². The van der Waals surface area contributed by atoms with Crippen LogP contribution in [-0.2, 0) is 9.59 Å². The summed E-state index contributed by atoms with van der Waals surface area (Å²) in [6, 6.07) is 13.6. The molecule has 2 aromatic carbocycles. The van der Waals surface area contributed by atoms with Crippen molar-refractivity contribution >= 4 is 34.8 Å². The van der Waals surface area contributed by atoms with Crippen LogP contribution in [0.5, 0.6) is 0 Å². The molecule has 0 unspecified atom stereocenters. The largest absolute Gasteiger partial charge is 0.368 e. The van der Waals surface area contributed by atoms with E-state index in [1.807, 2.05) is 56.3 Å². The molecular weight excluding hydrogens is 362 g/mol. The first-order chi connectivity index (χ1) is 12.9. The number of piperazine rings is 1. The van der Waals surface area contributed by atoms with E-state index < -0.39 is 0 Å². The van der Waals surface area contributed by atoms with Crippen molar-refractivity contribution in [3.8, 4) is 0 Å². The Morgan fingerprint density at radius 2 is 1.67 bits per heavy atom. The van der Waals surface area contributed by atoms with E-state index in [1.165, 1.54) is 0 Å². The first-order valence-corrected chi connectivity index (χ1v) is 9.45. The molecule has 0 aromatic heterocycles. The first-order valence-electron chi connectivity index (χ1n) is 9.07. The van der Waals surface area contributed by atoms with Gasteiger partial charge in [-0.3, -0.25) is 9.59 Å². The van der Waals surface area contributed by atoms with Gasteiger partial charge in [0.2, 0.25) is 11.8 Å². The molecule has 0 aliphatic carbocycles. The van der Waals surface area contributed by atoms with Crippen molar-refractivity contribution in [3.05, 3.63) is 58.6 Å². The molecule has 0 spiro atoms. The van der Waals surface area contributed by atoms with Gasteiger partial charge < -0.3 is 15.1 Å². The van der Waals surface area contributed by atoms with Gasteiger partial charge in [-0.25, -0.2) is 0 Å². The Morgan fingerprint density at radius 1 is 1.00 bits per heavy atom. The molecule has 0 bridgehead atoms. The summed E-state index contributed by atoms with van der Waals surface area (Å²) in [6.07, 6.45) is -0.135. The maximum absolute atomic E-state index is 12.5. The minimum atomic E-state index is -0.276.